The summed E-state index contributed by atoms with van der Waals surface area (Å²) in [6.07, 6.45) is 4.59. The summed E-state index contributed by atoms with van der Waals surface area (Å²) in [4.78, 5) is 21.1. The SMILES string of the molecule is [2H]C12CN(CC)C3(CCN1NC1CCN(C(=O)c4cc5ccccc5[nH]4)CC12)CC3. The molecule has 1 amide bonds. The Morgan fingerprint density at radius 3 is 2.90 bits per heavy atom. The Morgan fingerprint density at radius 1 is 1.24 bits per heavy atom. The summed E-state index contributed by atoms with van der Waals surface area (Å²) in [6, 6.07) is 9.60. The topological polar surface area (TPSA) is 54.6 Å². The number of carbonyl (C=O) groups is 1. The van der Waals surface area contributed by atoms with Gasteiger partial charge >= 0.3 is 0 Å². The summed E-state index contributed by atoms with van der Waals surface area (Å²) in [6.45, 7) is 6.33. The van der Waals surface area contributed by atoms with Crippen molar-refractivity contribution < 1.29 is 6.17 Å². The fraction of sp³-hybridized carbons (Fsp3) is 0.609. The van der Waals surface area contributed by atoms with Crippen molar-refractivity contribution in [2.75, 3.05) is 32.7 Å². The molecule has 1 aliphatic carbocycles. The van der Waals surface area contributed by atoms with Gasteiger partial charge in [0.15, 0.2) is 0 Å². The number of fused-ring (bicyclic) bond motifs is 4. The van der Waals surface area contributed by atoms with Gasteiger partial charge in [0.25, 0.3) is 5.91 Å². The molecule has 29 heavy (non-hydrogen) atoms. The van der Waals surface area contributed by atoms with Crippen LogP contribution in [0.1, 0.15) is 44.5 Å². The predicted molar refractivity (Wildman–Crippen MR) is 114 cm³/mol. The zero-order chi connectivity index (χ0) is 20.5. The van der Waals surface area contributed by atoms with Crippen molar-refractivity contribution in [1.82, 2.24) is 25.2 Å². The monoisotopic (exact) mass is 394 g/mol. The Hall–Kier alpha value is -1.89. The normalized spacial score (nSPS) is 34.7. The van der Waals surface area contributed by atoms with Gasteiger partial charge in [-0.3, -0.25) is 15.1 Å². The maximum absolute atomic E-state index is 13.3. The molecule has 1 aromatic carbocycles. The molecule has 6 rings (SSSR count). The Kier molecular flexibility index (Phi) is 3.81. The molecule has 6 heteroatoms. The largest absolute Gasteiger partial charge is 0.351 e. The van der Waals surface area contributed by atoms with Gasteiger partial charge in [0.1, 0.15) is 5.69 Å². The van der Waals surface area contributed by atoms with Crippen LogP contribution < -0.4 is 5.43 Å². The molecule has 4 fully saturated rings. The van der Waals surface area contributed by atoms with E-state index in [1.807, 2.05) is 35.2 Å². The van der Waals surface area contributed by atoms with E-state index in [0.717, 1.165) is 49.9 Å². The minimum absolute atomic E-state index is 0.0614. The molecule has 4 aliphatic rings. The van der Waals surface area contributed by atoms with Crippen LogP contribution in [0.2, 0.25) is 0 Å². The lowest BCUT2D eigenvalue weighted by Crippen LogP contribution is -2.51. The molecule has 0 radical (unpaired) electrons. The fourth-order valence-corrected chi connectivity index (χ4v) is 5.88. The zero-order valence-electron chi connectivity index (χ0n) is 18.2. The number of H-pyrrole nitrogens is 1. The number of piperidine rings is 1. The lowest BCUT2D eigenvalue weighted by atomic mass is 9.87. The van der Waals surface area contributed by atoms with Gasteiger partial charge in [0.2, 0.25) is 0 Å². The van der Waals surface area contributed by atoms with Crippen LogP contribution in [0.4, 0.5) is 0 Å². The van der Waals surface area contributed by atoms with Crippen molar-refractivity contribution in [1.29, 1.82) is 0 Å². The number of nitrogens with one attached hydrogen (secondary N) is 2. The number of likely N-dealkylation sites (N-methyl/N-ethyl adjacent to an activating group) is 1. The minimum atomic E-state index is -0.674. The third-order valence-electron chi connectivity index (χ3n) is 7.79. The van der Waals surface area contributed by atoms with Crippen molar-refractivity contribution >= 4 is 16.8 Å². The Balaban J connectivity index is 1.26. The number of benzene rings is 1. The molecule has 3 saturated heterocycles. The second-order valence-electron chi connectivity index (χ2n) is 9.28. The predicted octanol–water partition coefficient (Wildman–Crippen LogP) is 2.45. The molecule has 2 aromatic rings. The highest BCUT2D eigenvalue weighted by Gasteiger charge is 2.54. The smallest absolute Gasteiger partial charge is 0.270 e. The van der Waals surface area contributed by atoms with E-state index in [1.165, 1.54) is 12.8 Å². The highest BCUT2D eigenvalue weighted by atomic mass is 16.2. The van der Waals surface area contributed by atoms with Gasteiger partial charge in [0, 0.05) is 62.0 Å². The number of rotatable bonds is 2. The van der Waals surface area contributed by atoms with E-state index in [9.17, 15) is 6.17 Å². The fourth-order valence-electron chi connectivity index (χ4n) is 5.88. The average molecular weight is 395 g/mol. The molecule has 3 unspecified atom stereocenters. The van der Waals surface area contributed by atoms with Crippen LogP contribution in [0.25, 0.3) is 10.9 Å². The van der Waals surface area contributed by atoms with Crippen LogP contribution in [0.15, 0.2) is 30.3 Å². The van der Waals surface area contributed by atoms with Gasteiger partial charge in [-0.1, -0.05) is 25.1 Å². The lowest BCUT2D eigenvalue weighted by Gasteiger charge is -2.38. The summed E-state index contributed by atoms with van der Waals surface area (Å²) < 4.78 is 9.54. The Labute approximate surface area is 173 Å². The van der Waals surface area contributed by atoms with Crippen molar-refractivity contribution in [2.24, 2.45) is 5.92 Å². The van der Waals surface area contributed by atoms with Gasteiger partial charge in [-0.05, 0) is 44.4 Å². The third-order valence-corrected chi connectivity index (χ3v) is 7.79. The van der Waals surface area contributed by atoms with Crippen molar-refractivity contribution in [3.8, 4) is 0 Å². The first-order valence-electron chi connectivity index (χ1n) is 11.7. The molecule has 1 saturated carbocycles. The number of aromatic nitrogens is 1. The van der Waals surface area contributed by atoms with Crippen molar-refractivity contribution in [3.05, 3.63) is 36.0 Å². The van der Waals surface area contributed by atoms with Crippen LogP contribution in [0.5, 0.6) is 0 Å². The molecule has 2 N–H and O–H groups in total. The number of para-hydroxylation sites is 1. The first kappa shape index (κ1) is 16.9. The molecule has 6 nitrogen and oxygen atoms in total. The number of hydrogen-bond donors (Lipinski definition) is 2. The number of aromatic amines is 1. The third kappa shape index (κ3) is 2.84. The summed E-state index contributed by atoms with van der Waals surface area (Å²) in [7, 11) is 0. The average Bonchev–Trinajstić information content (AvgIpc) is 3.36. The highest BCUT2D eigenvalue weighted by Crippen LogP contribution is 2.47. The molecule has 4 heterocycles. The minimum Gasteiger partial charge on any atom is -0.351 e. The van der Waals surface area contributed by atoms with Gasteiger partial charge in [-0.2, -0.15) is 0 Å². The molecule has 3 aliphatic heterocycles. The molecular formula is C23H31N5O. The van der Waals surface area contributed by atoms with Crippen LogP contribution in [0, 0.1) is 5.92 Å². The molecule has 0 bridgehead atoms. The number of carbonyl (C=O) groups excluding carboxylic acids is 1. The second kappa shape index (κ2) is 6.56. The maximum atomic E-state index is 13.3. The molecule has 1 spiro atoms. The molecule has 1 aromatic heterocycles. The summed E-state index contributed by atoms with van der Waals surface area (Å²) in [5, 5.41) is 3.29. The van der Waals surface area contributed by atoms with E-state index in [0.29, 0.717) is 23.8 Å². The van der Waals surface area contributed by atoms with E-state index in [4.69, 9.17) is 0 Å². The van der Waals surface area contributed by atoms with Crippen LogP contribution in [-0.4, -0.2) is 76.0 Å². The Bertz CT molecular complexity index is 954. The van der Waals surface area contributed by atoms with Crippen LogP contribution in [0.3, 0.4) is 0 Å². The number of nitrogens with zero attached hydrogens (tertiary/aromatic N) is 3. The van der Waals surface area contributed by atoms with E-state index >= 15 is 0 Å². The van der Waals surface area contributed by atoms with E-state index < -0.39 is 6.02 Å². The standard InChI is InChI=1S/C23H31N5O/c1-2-27-15-21-17-14-26(22(29)20-13-16-5-3-4-6-18(16)24-20)11-7-19(17)25-28(21)12-10-23(27)8-9-23/h3-6,13,17,19,21,24-25H,2,7-12,14-15H2,1H3/i21D. The molecule has 3 atom stereocenters. The van der Waals surface area contributed by atoms with Crippen LogP contribution >= 0.6 is 0 Å². The maximum Gasteiger partial charge on any atom is 0.270 e. The highest BCUT2D eigenvalue weighted by molar-refractivity contribution is 5.98. The summed E-state index contributed by atoms with van der Waals surface area (Å²) in [5.41, 5.74) is 5.67. The summed E-state index contributed by atoms with van der Waals surface area (Å²) >= 11 is 0. The number of hydrogen-bond acceptors (Lipinski definition) is 4. The number of likely N-dealkylation sites (tertiary alicyclic amines) is 1. The Morgan fingerprint density at radius 2 is 2.10 bits per heavy atom. The summed E-state index contributed by atoms with van der Waals surface area (Å²) in [5.74, 6) is 0.189. The van der Waals surface area contributed by atoms with Gasteiger partial charge in [0.05, 0.1) is 0 Å². The van der Waals surface area contributed by atoms with Gasteiger partial charge < -0.3 is 9.88 Å². The zero-order valence-corrected chi connectivity index (χ0v) is 17.2. The van der Waals surface area contributed by atoms with Crippen molar-refractivity contribution in [3.63, 3.8) is 0 Å². The number of hydrazine groups is 1. The van der Waals surface area contributed by atoms with E-state index in [-0.39, 0.29) is 11.8 Å². The van der Waals surface area contributed by atoms with Crippen molar-refractivity contribution in [2.45, 2.75) is 50.2 Å². The van der Waals surface area contributed by atoms with E-state index in [1.54, 1.807) is 0 Å². The molecular weight excluding hydrogens is 362 g/mol. The number of amides is 1. The van der Waals surface area contributed by atoms with Crippen LogP contribution in [-0.2, 0) is 0 Å². The first-order chi connectivity index (χ1) is 14.5. The second-order valence-corrected chi connectivity index (χ2v) is 9.28. The molecule has 154 valence electrons. The van der Waals surface area contributed by atoms with E-state index in [2.05, 4.69) is 27.2 Å². The quantitative estimate of drug-likeness (QED) is 0.822. The lowest BCUT2D eigenvalue weighted by molar-refractivity contribution is 0.0625. The first-order valence-corrected chi connectivity index (χ1v) is 11.2. The van der Waals surface area contributed by atoms with Gasteiger partial charge in [-0.25, -0.2) is 5.01 Å². The van der Waals surface area contributed by atoms with Gasteiger partial charge in [-0.15, -0.1) is 0 Å².